The van der Waals surface area contributed by atoms with Crippen LogP contribution in [0.2, 0.25) is 0 Å². The van der Waals surface area contributed by atoms with Crippen LogP contribution in [0.3, 0.4) is 0 Å². The standard InChI is InChI=1S/C18H18N4O6S/c23-6-11-13(25)14(26)17(28-11)22-15-12(16(27)20-8-19-15)21-18(22)29-7-10(24)9-4-2-1-3-5-9/h1-5,8,11,13-14,17,23,25-26H,6-7H2,(H,19,20,27). The van der Waals surface area contributed by atoms with E-state index in [-0.39, 0.29) is 27.9 Å². The van der Waals surface area contributed by atoms with Gasteiger partial charge in [0.15, 0.2) is 28.3 Å². The predicted molar refractivity (Wildman–Crippen MR) is 103 cm³/mol. The van der Waals surface area contributed by atoms with Gasteiger partial charge >= 0.3 is 0 Å². The number of aromatic nitrogens is 4. The van der Waals surface area contributed by atoms with E-state index in [0.29, 0.717) is 5.56 Å². The van der Waals surface area contributed by atoms with Gasteiger partial charge in [0.2, 0.25) is 0 Å². The SMILES string of the molecule is O=C(CSc1nc2c(=O)[nH]cnc2n1C1OC(CO)C(O)C1O)c1ccccc1. The summed E-state index contributed by atoms with van der Waals surface area (Å²) in [6.07, 6.45) is -3.65. The normalized spacial score (nSPS) is 24.2. The molecule has 3 heterocycles. The lowest BCUT2D eigenvalue weighted by atomic mass is 10.1. The summed E-state index contributed by atoms with van der Waals surface area (Å²) in [7, 11) is 0. The Labute approximate surface area is 168 Å². The second-order valence-corrected chi connectivity index (χ2v) is 7.42. The molecule has 0 spiro atoms. The third kappa shape index (κ3) is 3.58. The van der Waals surface area contributed by atoms with Crippen molar-refractivity contribution in [3.05, 3.63) is 52.6 Å². The number of H-pyrrole nitrogens is 1. The molecule has 0 radical (unpaired) electrons. The first-order valence-electron chi connectivity index (χ1n) is 8.80. The van der Waals surface area contributed by atoms with Gasteiger partial charge in [0, 0.05) is 5.56 Å². The second kappa shape index (κ2) is 8.05. The van der Waals surface area contributed by atoms with Crippen molar-refractivity contribution in [2.45, 2.75) is 29.7 Å². The predicted octanol–water partition coefficient (Wildman–Crippen LogP) is -0.294. The molecule has 4 rings (SSSR count). The topological polar surface area (TPSA) is 151 Å². The van der Waals surface area contributed by atoms with Crippen molar-refractivity contribution in [3.8, 4) is 0 Å². The van der Waals surface area contributed by atoms with E-state index in [1.807, 2.05) is 6.07 Å². The minimum Gasteiger partial charge on any atom is -0.394 e. The Hall–Kier alpha value is -2.57. The highest BCUT2D eigenvalue weighted by atomic mass is 32.2. The monoisotopic (exact) mass is 418 g/mol. The maximum absolute atomic E-state index is 12.5. The summed E-state index contributed by atoms with van der Waals surface area (Å²) in [4.78, 5) is 35.4. The molecule has 1 aromatic carbocycles. The molecule has 2 aromatic heterocycles. The van der Waals surface area contributed by atoms with Crippen LogP contribution in [0.4, 0.5) is 0 Å². The number of carbonyl (C=O) groups is 1. The number of ketones is 1. The molecule has 0 aliphatic carbocycles. The van der Waals surface area contributed by atoms with Crippen LogP contribution in [0.1, 0.15) is 16.6 Å². The summed E-state index contributed by atoms with van der Waals surface area (Å²) in [5, 5.41) is 30.1. The molecule has 29 heavy (non-hydrogen) atoms. The van der Waals surface area contributed by atoms with Gasteiger partial charge in [0.25, 0.3) is 5.56 Å². The summed E-state index contributed by atoms with van der Waals surface area (Å²) >= 11 is 1.06. The van der Waals surface area contributed by atoms with E-state index in [9.17, 15) is 24.9 Å². The molecule has 0 saturated carbocycles. The van der Waals surface area contributed by atoms with Crippen molar-refractivity contribution < 1.29 is 24.9 Å². The summed E-state index contributed by atoms with van der Waals surface area (Å²) in [5.74, 6) is -0.114. The smallest absolute Gasteiger partial charge is 0.278 e. The highest BCUT2D eigenvalue weighted by Gasteiger charge is 2.45. The molecule has 0 bridgehead atoms. The summed E-state index contributed by atoms with van der Waals surface area (Å²) in [6.45, 7) is -0.496. The number of aromatic amines is 1. The minimum absolute atomic E-state index is 0.0138. The van der Waals surface area contributed by atoms with Crippen LogP contribution in [-0.4, -0.2) is 71.3 Å². The van der Waals surface area contributed by atoms with Crippen LogP contribution in [0.25, 0.3) is 11.2 Å². The van der Waals surface area contributed by atoms with Crippen molar-refractivity contribution in [2.24, 2.45) is 0 Å². The van der Waals surface area contributed by atoms with E-state index in [1.54, 1.807) is 24.3 Å². The molecule has 4 unspecified atom stereocenters. The average molecular weight is 418 g/mol. The Morgan fingerprint density at radius 1 is 1.24 bits per heavy atom. The zero-order valence-electron chi connectivity index (χ0n) is 15.0. The molecule has 1 saturated heterocycles. The van der Waals surface area contributed by atoms with Crippen LogP contribution in [0.5, 0.6) is 0 Å². The number of benzene rings is 1. The minimum atomic E-state index is -1.38. The van der Waals surface area contributed by atoms with Crippen LogP contribution >= 0.6 is 11.8 Å². The largest absolute Gasteiger partial charge is 0.394 e. The third-order valence-corrected chi connectivity index (χ3v) is 5.60. The van der Waals surface area contributed by atoms with Gasteiger partial charge in [-0.15, -0.1) is 0 Å². The van der Waals surface area contributed by atoms with Crippen LogP contribution in [0, 0.1) is 0 Å². The first kappa shape index (κ1) is 19.7. The number of rotatable bonds is 6. The number of aliphatic hydroxyl groups excluding tert-OH is 3. The highest BCUT2D eigenvalue weighted by molar-refractivity contribution is 7.99. The molecule has 4 N–H and O–H groups in total. The lowest BCUT2D eigenvalue weighted by molar-refractivity contribution is -0.0548. The van der Waals surface area contributed by atoms with Gasteiger partial charge in [0.05, 0.1) is 18.7 Å². The molecule has 1 aliphatic heterocycles. The van der Waals surface area contributed by atoms with Gasteiger partial charge in [-0.25, -0.2) is 9.97 Å². The molecule has 1 aliphatic rings. The van der Waals surface area contributed by atoms with E-state index in [4.69, 9.17) is 4.74 Å². The number of nitrogens with one attached hydrogen (secondary N) is 1. The van der Waals surface area contributed by atoms with Crippen molar-refractivity contribution in [1.82, 2.24) is 19.5 Å². The Morgan fingerprint density at radius 2 is 2.00 bits per heavy atom. The number of thioether (sulfide) groups is 1. The lowest BCUT2D eigenvalue weighted by Crippen LogP contribution is -2.33. The maximum Gasteiger partial charge on any atom is 0.278 e. The molecule has 0 amide bonds. The second-order valence-electron chi connectivity index (χ2n) is 6.47. The number of fused-ring (bicyclic) bond motifs is 1. The molecule has 1 fully saturated rings. The number of carbonyl (C=O) groups excluding carboxylic acids is 1. The van der Waals surface area contributed by atoms with E-state index in [2.05, 4.69) is 15.0 Å². The number of hydrogen-bond acceptors (Lipinski definition) is 9. The van der Waals surface area contributed by atoms with Crippen molar-refractivity contribution in [2.75, 3.05) is 12.4 Å². The Morgan fingerprint density at radius 3 is 2.69 bits per heavy atom. The summed E-state index contributed by atoms with van der Waals surface area (Å²) in [5.41, 5.74) is 0.196. The van der Waals surface area contributed by atoms with Crippen molar-refractivity contribution in [3.63, 3.8) is 0 Å². The van der Waals surface area contributed by atoms with Gasteiger partial charge in [-0.05, 0) is 0 Å². The highest BCUT2D eigenvalue weighted by Crippen LogP contribution is 2.35. The molecule has 3 aromatic rings. The molecule has 4 atom stereocenters. The zero-order valence-corrected chi connectivity index (χ0v) is 15.8. The molecule has 10 nitrogen and oxygen atoms in total. The van der Waals surface area contributed by atoms with E-state index in [1.165, 1.54) is 10.9 Å². The first-order chi connectivity index (χ1) is 14.0. The Balaban J connectivity index is 1.70. The average Bonchev–Trinajstić information content (AvgIpc) is 3.25. The van der Waals surface area contributed by atoms with Crippen LogP contribution in [0.15, 0.2) is 46.6 Å². The van der Waals surface area contributed by atoms with Gasteiger partial charge < -0.3 is 25.0 Å². The van der Waals surface area contributed by atoms with E-state index in [0.717, 1.165) is 11.8 Å². The summed E-state index contributed by atoms with van der Waals surface area (Å²) in [6, 6.07) is 8.73. The number of ether oxygens (including phenoxy) is 1. The van der Waals surface area contributed by atoms with E-state index >= 15 is 0 Å². The van der Waals surface area contributed by atoms with Crippen LogP contribution < -0.4 is 5.56 Å². The van der Waals surface area contributed by atoms with Gasteiger partial charge in [-0.1, -0.05) is 42.1 Å². The first-order valence-corrected chi connectivity index (χ1v) is 9.79. The van der Waals surface area contributed by atoms with Gasteiger partial charge in [0.1, 0.15) is 18.3 Å². The van der Waals surface area contributed by atoms with E-state index < -0.39 is 36.7 Å². The molecular formula is C18H18N4O6S. The molecular weight excluding hydrogens is 400 g/mol. The number of hydrogen-bond donors (Lipinski definition) is 4. The number of nitrogens with zero attached hydrogens (tertiary/aromatic N) is 3. The Kier molecular flexibility index (Phi) is 5.48. The van der Waals surface area contributed by atoms with Gasteiger partial charge in [-0.2, -0.15) is 0 Å². The number of imidazole rings is 1. The molecule has 152 valence electrons. The molecule has 11 heteroatoms. The number of aliphatic hydroxyl groups is 3. The van der Waals surface area contributed by atoms with Crippen LogP contribution in [-0.2, 0) is 4.74 Å². The van der Waals surface area contributed by atoms with Crippen molar-refractivity contribution >= 4 is 28.7 Å². The quantitative estimate of drug-likeness (QED) is 0.313. The number of Topliss-reactive ketones (excluding diaryl/α,β-unsaturated/α-hetero) is 1. The zero-order chi connectivity index (χ0) is 20.5. The Bertz CT molecular complexity index is 1080. The fourth-order valence-electron chi connectivity index (χ4n) is 3.16. The maximum atomic E-state index is 12.5. The van der Waals surface area contributed by atoms with Gasteiger partial charge in [-0.3, -0.25) is 14.2 Å². The lowest BCUT2D eigenvalue weighted by Gasteiger charge is -2.18. The fraction of sp³-hybridized carbons (Fsp3) is 0.333. The third-order valence-electron chi connectivity index (χ3n) is 4.65. The fourth-order valence-corrected chi connectivity index (χ4v) is 4.07. The van der Waals surface area contributed by atoms with Crippen molar-refractivity contribution in [1.29, 1.82) is 0 Å². The summed E-state index contributed by atoms with van der Waals surface area (Å²) < 4.78 is 6.95.